The average Bonchev–Trinajstić information content (AvgIpc) is 2.51. The van der Waals surface area contributed by atoms with Gasteiger partial charge in [-0.05, 0) is 70.5 Å². The third-order valence-electron chi connectivity index (χ3n) is 3.50. The Morgan fingerprint density at radius 1 is 0.958 bits per heavy atom. The van der Waals surface area contributed by atoms with Gasteiger partial charge in [0, 0.05) is 5.69 Å². The van der Waals surface area contributed by atoms with Crippen molar-refractivity contribution in [2.45, 2.75) is 46.8 Å². The molecule has 24 heavy (non-hydrogen) atoms. The molecule has 0 saturated heterocycles. The Kier molecular flexibility index (Phi) is 5.85. The van der Waals surface area contributed by atoms with Crippen LogP contribution in [0.25, 0.3) is 0 Å². The highest BCUT2D eigenvalue weighted by atomic mass is 16.5. The molecule has 1 atom stereocenters. The summed E-state index contributed by atoms with van der Waals surface area (Å²) in [7, 11) is 0. The Labute approximate surface area is 143 Å². The number of rotatable bonds is 6. The summed E-state index contributed by atoms with van der Waals surface area (Å²) < 4.78 is 11.4. The number of nitrogens with one attached hydrogen (secondary N) is 1. The van der Waals surface area contributed by atoms with Gasteiger partial charge in [-0.1, -0.05) is 17.7 Å². The van der Waals surface area contributed by atoms with Gasteiger partial charge < -0.3 is 14.8 Å². The molecule has 1 unspecified atom stereocenters. The van der Waals surface area contributed by atoms with Gasteiger partial charge >= 0.3 is 0 Å². The maximum atomic E-state index is 12.3. The van der Waals surface area contributed by atoms with E-state index in [0.717, 1.165) is 17.1 Å². The van der Waals surface area contributed by atoms with Crippen molar-refractivity contribution in [1.29, 1.82) is 0 Å². The van der Waals surface area contributed by atoms with Crippen LogP contribution < -0.4 is 14.8 Å². The highest BCUT2D eigenvalue weighted by molar-refractivity contribution is 5.94. The number of benzene rings is 2. The number of carbonyl (C=O) groups is 1. The Hall–Kier alpha value is -2.49. The molecule has 0 aromatic heterocycles. The summed E-state index contributed by atoms with van der Waals surface area (Å²) in [5.74, 6) is 1.32. The topological polar surface area (TPSA) is 47.6 Å². The minimum Gasteiger partial charge on any atom is -0.491 e. The van der Waals surface area contributed by atoms with Gasteiger partial charge in [-0.25, -0.2) is 0 Å². The summed E-state index contributed by atoms with van der Waals surface area (Å²) in [6.07, 6.45) is -0.463. The van der Waals surface area contributed by atoms with Crippen molar-refractivity contribution in [3.05, 3.63) is 53.6 Å². The van der Waals surface area contributed by atoms with Gasteiger partial charge in [0.1, 0.15) is 11.5 Å². The maximum absolute atomic E-state index is 12.3. The molecule has 0 bridgehead atoms. The number of ether oxygens (including phenoxy) is 2. The SMILES string of the molecule is Cc1ccc(OC(C)C(=O)Nc2ccc(OC(C)C)cc2)c(C)c1. The molecule has 0 aliphatic heterocycles. The van der Waals surface area contributed by atoms with E-state index in [2.05, 4.69) is 5.32 Å². The van der Waals surface area contributed by atoms with E-state index < -0.39 is 6.10 Å². The fourth-order valence-corrected chi connectivity index (χ4v) is 2.31. The van der Waals surface area contributed by atoms with Gasteiger partial charge in [0.2, 0.25) is 0 Å². The third-order valence-corrected chi connectivity index (χ3v) is 3.50. The van der Waals surface area contributed by atoms with Gasteiger partial charge in [-0.3, -0.25) is 4.79 Å². The summed E-state index contributed by atoms with van der Waals surface area (Å²) in [5, 5.41) is 2.85. The molecule has 0 fully saturated rings. The number of anilines is 1. The second-order valence-electron chi connectivity index (χ2n) is 6.21. The van der Waals surface area contributed by atoms with Crippen LogP contribution in [0.4, 0.5) is 5.69 Å². The van der Waals surface area contributed by atoms with Crippen molar-refractivity contribution in [3.63, 3.8) is 0 Å². The largest absolute Gasteiger partial charge is 0.491 e. The van der Waals surface area contributed by atoms with E-state index >= 15 is 0 Å². The zero-order chi connectivity index (χ0) is 17.7. The van der Waals surface area contributed by atoms with Crippen molar-refractivity contribution in [1.82, 2.24) is 0 Å². The quantitative estimate of drug-likeness (QED) is 0.850. The fourth-order valence-electron chi connectivity index (χ4n) is 2.31. The summed E-state index contributed by atoms with van der Waals surface area (Å²) in [5.41, 5.74) is 2.90. The molecule has 1 amide bonds. The Morgan fingerprint density at radius 3 is 2.21 bits per heavy atom. The van der Waals surface area contributed by atoms with Crippen LogP contribution >= 0.6 is 0 Å². The van der Waals surface area contributed by atoms with Crippen molar-refractivity contribution in [3.8, 4) is 11.5 Å². The number of carbonyl (C=O) groups excluding carboxylic acids is 1. The van der Waals surface area contributed by atoms with E-state index in [-0.39, 0.29) is 12.0 Å². The minimum absolute atomic E-state index is 0.122. The lowest BCUT2D eigenvalue weighted by Gasteiger charge is -2.17. The first-order chi connectivity index (χ1) is 11.3. The summed E-state index contributed by atoms with van der Waals surface area (Å²) >= 11 is 0. The summed E-state index contributed by atoms with van der Waals surface area (Å²) in [4.78, 5) is 12.3. The molecule has 0 heterocycles. The molecule has 4 nitrogen and oxygen atoms in total. The van der Waals surface area contributed by atoms with Gasteiger partial charge in [-0.15, -0.1) is 0 Å². The first-order valence-corrected chi connectivity index (χ1v) is 8.16. The highest BCUT2D eigenvalue weighted by Crippen LogP contribution is 2.21. The van der Waals surface area contributed by atoms with Crippen LogP contribution in [0.1, 0.15) is 31.9 Å². The standard InChI is InChI=1S/C20H25NO3/c1-13(2)23-18-9-7-17(8-10-18)21-20(22)16(5)24-19-11-6-14(3)12-15(19)4/h6-13,16H,1-5H3,(H,21,22). The molecule has 1 N–H and O–H groups in total. The number of amides is 1. The van der Waals surface area contributed by atoms with E-state index in [9.17, 15) is 4.79 Å². The van der Waals surface area contributed by atoms with Crippen LogP contribution in [0.15, 0.2) is 42.5 Å². The van der Waals surface area contributed by atoms with E-state index in [4.69, 9.17) is 9.47 Å². The Bertz CT molecular complexity index is 693. The first kappa shape index (κ1) is 17.9. The molecule has 0 radical (unpaired) electrons. The summed E-state index contributed by atoms with van der Waals surface area (Å²) in [6, 6.07) is 13.2. The van der Waals surface area contributed by atoms with Gasteiger partial charge in [-0.2, -0.15) is 0 Å². The van der Waals surface area contributed by atoms with Crippen LogP contribution in [0, 0.1) is 13.8 Å². The molecule has 2 aromatic rings. The van der Waals surface area contributed by atoms with E-state index in [1.54, 1.807) is 6.92 Å². The van der Waals surface area contributed by atoms with Gasteiger partial charge in [0.15, 0.2) is 6.10 Å². The predicted octanol–water partition coefficient (Wildman–Crippen LogP) is 4.50. The second-order valence-corrected chi connectivity index (χ2v) is 6.21. The number of hydrogen-bond acceptors (Lipinski definition) is 3. The van der Waals surface area contributed by atoms with Crippen molar-refractivity contribution >= 4 is 11.6 Å². The molecule has 0 saturated carbocycles. The van der Waals surface area contributed by atoms with Crippen molar-refractivity contribution in [2.75, 3.05) is 5.32 Å². The summed E-state index contributed by atoms with van der Waals surface area (Å²) in [6.45, 7) is 9.69. The van der Waals surface area contributed by atoms with Crippen LogP contribution in [0.5, 0.6) is 11.5 Å². The Balaban J connectivity index is 1.96. The molecule has 2 aromatic carbocycles. The van der Waals surface area contributed by atoms with Crippen LogP contribution in [0.3, 0.4) is 0 Å². The molecule has 4 heteroatoms. The normalized spacial score (nSPS) is 11.9. The zero-order valence-corrected chi connectivity index (χ0v) is 14.9. The lowest BCUT2D eigenvalue weighted by atomic mass is 10.1. The highest BCUT2D eigenvalue weighted by Gasteiger charge is 2.16. The maximum Gasteiger partial charge on any atom is 0.265 e. The monoisotopic (exact) mass is 327 g/mol. The van der Waals surface area contributed by atoms with E-state index in [1.807, 2.05) is 70.2 Å². The number of aryl methyl sites for hydroxylation is 2. The van der Waals surface area contributed by atoms with E-state index in [1.165, 1.54) is 5.56 Å². The molecular formula is C20H25NO3. The minimum atomic E-state index is -0.585. The lowest BCUT2D eigenvalue weighted by molar-refractivity contribution is -0.122. The fraction of sp³-hybridized carbons (Fsp3) is 0.350. The predicted molar refractivity (Wildman–Crippen MR) is 96.8 cm³/mol. The van der Waals surface area contributed by atoms with Crippen LogP contribution in [-0.4, -0.2) is 18.1 Å². The zero-order valence-electron chi connectivity index (χ0n) is 14.9. The number of hydrogen-bond donors (Lipinski definition) is 1. The molecule has 2 rings (SSSR count). The van der Waals surface area contributed by atoms with Crippen molar-refractivity contribution in [2.24, 2.45) is 0 Å². The molecular weight excluding hydrogens is 302 g/mol. The second kappa shape index (κ2) is 7.86. The van der Waals surface area contributed by atoms with Crippen molar-refractivity contribution < 1.29 is 14.3 Å². The van der Waals surface area contributed by atoms with Crippen LogP contribution in [-0.2, 0) is 4.79 Å². The Morgan fingerprint density at radius 2 is 1.62 bits per heavy atom. The third kappa shape index (κ3) is 5.01. The lowest BCUT2D eigenvalue weighted by Crippen LogP contribution is -2.30. The molecule has 0 aliphatic carbocycles. The van der Waals surface area contributed by atoms with Crippen LogP contribution in [0.2, 0.25) is 0 Å². The molecule has 128 valence electrons. The first-order valence-electron chi connectivity index (χ1n) is 8.16. The smallest absolute Gasteiger partial charge is 0.265 e. The van der Waals surface area contributed by atoms with Gasteiger partial charge in [0.05, 0.1) is 6.10 Å². The molecule has 0 spiro atoms. The van der Waals surface area contributed by atoms with Gasteiger partial charge in [0.25, 0.3) is 5.91 Å². The average molecular weight is 327 g/mol. The van der Waals surface area contributed by atoms with E-state index in [0.29, 0.717) is 5.69 Å². The molecule has 0 aliphatic rings.